The number of fused-ring (bicyclic) bond motifs is 1. The van der Waals surface area contributed by atoms with Gasteiger partial charge in [0.1, 0.15) is 33.8 Å². The Morgan fingerprint density at radius 1 is 0.810 bits per heavy atom. The number of phenolic OH excluding ortho intramolecular Hbond substituents is 1. The van der Waals surface area contributed by atoms with Crippen molar-refractivity contribution in [2.75, 3.05) is 35.4 Å². The Morgan fingerprint density at radius 3 is 2.14 bits per heavy atom. The molecule has 1 saturated carbocycles. The minimum atomic E-state index is -0.548. The number of benzene rings is 3. The Hall–Kier alpha value is -7.41. The number of para-hydroxylation sites is 2. The number of rotatable bonds is 15. The molecule has 0 bridgehead atoms. The van der Waals surface area contributed by atoms with Crippen molar-refractivity contribution in [2.45, 2.75) is 44.8 Å². The average molecular weight is 873 g/mol. The van der Waals surface area contributed by atoms with Crippen LogP contribution in [0.1, 0.15) is 64.6 Å². The summed E-state index contributed by atoms with van der Waals surface area (Å²) in [5.41, 5.74) is 1.28. The lowest BCUT2D eigenvalue weighted by Gasteiger charge is -2.24. The van der Waals surface area contributed by atoms with Gasteiger partial charge in [0.15, 0.2) is 5.75 Å². The molecule has 0 spiro atoms. The zero-order valence-corrected chi connectivity index (χ0v) is 36.4. The van der Waals surface area contributed by atoms with Gasteiger partial charge in [-0.3, -0.25) is 24.0 Å². The number of carbonyl (C=O) groups excluding carboxylic acids is 1. The van der Waals surface area contributed by atoms with E-state index in [1.165, 1.54) is 56.9 Å². The number of phenols is 1. The summed E-state index contributed by atoms with van der Waals surface area (Å²) in [5, 5.41) is 37.1. The molecule has 1 aliphatic rings. The van der Waals surface area contributed by atoms with Crippen LogP contribution in [0.15, 0.2) is 97.4 Å². The van der Waals surface area contributed by atoms with Crippen LogP contribution in [0.25, 0.3) is 11.0 Å². The van der Waals surface area contributed by atoms with E-state index in [0.29, 0.717) is 28.7 Å². The number of aromatic nitrogens is 7. The number of nitrogens with one attached hydrogen (secondary N) is 5. The van der Waals surface area contributed by atoms with E-state index in [4.69, 9.17) is 0 Å². The number of amides is 1. The number of aromatic amines is 1. The molecule has 3 aromatic carbocycles. The molecule has 0 aliphatic heterocycles. The summed E-state index contributed by atoms with van der Waals surface area (Å²) >= 11 is 1.56. The van der Waals surface area contributed by atoms with E-state index < -0.39 is 34.2 Å². The molecule has 2 atom stereocenters. The van der Waals surface area contributed by atoms with Crippen LogP contribution >= 0.6 is 11.3 Å². The highest BCUT2D eigenvalue weighted by Gasteiger charge is 2.35. The van der Waals surface area contributed by atoms with Crippen LogP contribution in [0.4, 0.5) is 34.1 Å². The monoisotopic (exact) mass is 872 g/mol. The first-order valence-corrected chi connectivity index (χ1v) is 21.3. The Balaban J connectivity index is 1.16. The quantitative estimate of drug-likeness (QED) is 0.0720. The molecule has 4 aromatic heterocycles. The molecule has 0 radical (unpaired) electrons. The van der Waals surface area contributed by atoms with E-state index >= 15 is 0 Å². The molecule has 7 aromatic rings. The second kappa shape index (κ2) is 17.2. The molecular weight excluding hydrogens is 825 g/mol. The van der Waals surface area contributed by atoms with Crippen LogP contribution in [0.5, 0.6) is 5.75 Å². The van der Waals surface area contributed by atoms with Crippen LogP contribution < -0.4 is 43.5 Å². The maximum absolute atomic E-state index is 14.8. The summed E-state index contributed by atoms with van der Waals surface area (Å²) in [4.78, 5) is 72.2. The lowest BCUT2D eigenvalue weighted by Crippen LogP contribution is -2.40. The molecule has 6 N–H and O–H groups in total. The predicted octanol–water partition coefficient (Wildman–Crippen LogP) is 5.35. The van der Waals surface area contributed by atoms with E-state index in [1.807, 2.05) is 48.7 Å². The third-order valence-electron chi connectivity index (χ3n) is 11.5. The van der Waals surface area contributed by atoms with Crippen molar-refractivity contribution in [3.8, 4) is 5.75 Å². The first kappa shape index (κ1) is 42.3. The Morgan fingerprint density at radius 2 is 1.46 bits per heavy atom. The van der Waals surface area contributed by atoms with Gasteiger partial charge in [-0.25, -0.2) is 18.7 Å². The molecule has 1 amide bonds. The van der Waals surface area contributed by atoms with Crippen molar-refractivity contribution in [1.82, 2.24) is 39.0 Å². The second-order valence-electron chi connectivity index (χ2n) is 15.8. The summed E-state index contributed by atoms with van der Waals surface area (Å²) in [6, 6.07) is 20.6. The number of H-pyrrole nitrogens is 1. The van der Waals surface area contributed by atoms with Crippen LogP contribution in [-0.4, -0.2) is 64.1 Å². The predicted molar refractivity (Wildman–Crippen MR) is 245 cm³/mol. The number of carbonyl (C=O) groups is 1. The van der Waals surface area contributed by atoms with Crippen molar-refractivity contribution >= 4 is 62.4 Å². The maximum Gasteiger partial charge on any atom is 0.291 e. The fourth-order valence-corrected chi connectivity index (χ4v) is 8.55. The number of aromatic hydroxyl groups is 1. The molecule has 1 unspecified atom stereocenters. The van der Waals surface area contributed by atoms with Crippen molar-refractivity contribution in [3.63, 3.8) is 0 Å². The first-order chi connectivity index (χ1) is 30.3. The van der Waals surface area contributed by atoms with E-state index in [-0.39, 0.29) is 58.3 Å². The first-order valence-electron chi connectivity index (χ1n) is 20.4. The second-order valence-corrected chi connectivity index (χ2v) is 16.8. The van der Waals surface area contributed by atoms with Crippen LogP contribution in [0.2, 0.25) is 0 Å². The summed E-state index contributed by atoms with van der Waals surface area (Å²) in [6.45, 7) is 1.95. The molecule has 4 heterocycles. The fraction of sp³-hybridized carbons (Fsp3) is 0.295. The molecule has 63 heavy (non-hydrogen) atoms. The molecule has 19 heteroatoms. The molecule has 326 valence electrons. The van der Waals surface area contributed by atoms with E-state index in [1.54, 1.807) is 49.7 Å². The van der Waals surface area contributed by atoms with Crippen molar-refractivity contribution < 1.29 is 9.90 Å². The molecule has 1 fully saturated rings. The molecule has 0 saturated heterocycles. The Kier molecular flexibility index (Phi) is 11.5. The smallest absolute Gasteiger partial charge is 0.291 e. The third-order valence-corrected chi connectivity index (χ3v) is 12.4. The maximum atomic E-state index is 14.8. The molecule has 18 nitrogen and oxygen atoms in total. The minimum Gasteiger partial charge on any atom is -0.505 e. The summed E-state index contributed by atoms with van der Waals surface area (Å²) < 4.78 is 5.06. The zero-order valence-electron chi connectivity index (χ0n) is 35.6. The standard InChI is InChI=1S/C44H48N12O6S/c1-7-28(45-35-36(42(60)54(5)53(4)41(35)59)46-29-15-10-16-30-34(29)50-51-49-30)26-13-8-12-24(22-26)23-56-44(62)38(48-33(25-19-20-25)32-18-11-21-63-32)37(43(61)55(56)6)47-31-17-9-14-27(39(31)57)40(58)52(2)3/h8-18,21-22,25,28,33,45-48,57H,7,19-20,23H2,1-6H3,(H,49,50,51)/t28-,33?/m1/s1. The normalized spacial score (nSPS) is 13.4. The topological polar surface area (TPSA) is 218 Å². The largest absolute Gasteiger partial charge is 0.505 e. The molecule has 8 rings (SSSR count). The highest BCUT2D eigenvalue weighted by atomic mass is 32.1. The van der Waals surface area contributed by atoms with Gasteiger partial charge in [0.05, 0.1) is 35.6 Å². The van der Waals surface area contributed by atoms with Crippen LogP contribution in [-0.2, 0) is 27.7 Å². The number of anilines is 6. The zero-order chi connectivity index (χ0) is 44.7. The SMILES string of the molecule is CC[C@@H](Nc1c(Nc2cccc3n[nH]nc23)c(=O)n(C)n(C)c1=O)c1cccc(Cn2c(=O)c(NC(c3cccs3)C3CC3)c(Nc3cccc(C(=O)N(C)C)c3O)c(=O)n2C)c1. The number of thiophene rings is 1. The molecular formula is C44H48N12O6S. The average Bonchev–Trinajstić information content (AvgIpc) is 3.73. The fourth-order valence-electron chi connectivity index (χ4n) is 7.69. The van der Waals surface area contributed by atoms with Gasteiger partial charge in [-0.05, 0) is 72.0 Å². The highest BCUT2D eigenvalue weighted by molar-refractivity contribution is 7.10. The lowest BCUT2D eigenvalue weighted by molar-refractivity contribution is 0.0824. The van der Waals surface area contributed by atoms with Crippen molar-refractivity contribution in [3.05, 3.63) is 141 Å². The van der Waals surface area contributed by atoms with Gasteiger partial charge < -0.3 is 31.3 Å². The van der Waals surface area contributed by atoms with Gasteiger partial charge in [0.2, 0.25) is 0 Å². The van der Waals surface area contributed by atoms with Gasteiger partial charge in [0, 0.05) is 40.1 Å². The van der Waals surface area contributed by atoms with Crippen molar-refractivity contribution in [1.29, 1.82) is 0 Å². The van der Waals surface area contributed by atoms with Gasteiger partial charge >= 0.3 is 0 Å². The van der Waals surface area contributed by atoms with Crippen LogP contribution in [0, 0.1) is 5.92 Å². The summed E-state index contributed by atoms with van der Waals surface area (Å²) in [6.07, 6.45) is 2.41. The van der Waals surface area contributed by atoms with Gasteiger partial charge in [-0.1, -0.05) is 49.4 Å². The van der Waals surface area contributed by atoms with Gasteiger partial charge in [-0.2, -0.15) is 15.4 Å². The summed E-state index contributed by atoms with van der Waals surface area (Å²) in [5.74, 6) is -0.544. The lowest BCUT2D eigenvalue weighted by atomic mass is 10.0. The highest BCUT2D eigenvalue weighted by Crippen LogP contribution is 2.44. The number of nitrogens with zero attached hydrogens (tertiary/aromatic N) is 7. The third kappa shape index (κ3) is 8.09. The Bertz CT molecular complexity index is 3110. The van der Waals surface area contributed by atoms with Gasteiger partial charge in [-0.15, -0.1) is 11.3 Å². The number of hydrogen-bond acceptors (Lipinski definition) is 13. The van der Waals surface area contributed by atoms with E-state index in [9.17, 15) is 29.1 Å². The Labute approximate surface area is 364 Å². The minimum absolute atomic E-state index is 0.00284. The van der Waals surface area contributed by atoms with E-state index in [2.05, 4.69) is 36.7 Å². The number of hydrogen-bond donors (Lipinski definition) is 6. The van der Waals surface area contributed by atoms with Crippen LogP contribution in [0.3, 0.4) is 0 Å². The van der Waals surface area contributed by atoms with Gasteiger partial charge in [0.25, 0.3) is 28.1 Å². The van der Waals surface area contributed by atoms with Crippen molar-refractivity contribution in [2.24, 2.45) is 27.1 Å². The summed E-state index contributed by atoms with van der Waals surface area (Å²) in [7, 11) is 7.68. The molecule has 1 aliphatic carbocycles. The van der Waals surface area contributed by atoms with E-state index in [0.717, 1.165) is 23.3 Å².